The fourth-order valence-corrected chi connectivity index (χ4v) is 3.47. The number of methoxy groups -OCH3 is 1. The highest BCUT2D eigenvalue weighted by atomic mass is 32.2. The summed E-state index contributed by atoms with van der Waals surface area (Å²) in [7, 11) is -1.19. The maximum atomic E-state index is 12.5. The molecule has 2 aromatic rings. The summed E-state index contributed by atoms with van der Waals surface area (Å²) in [5.74, 6) is -0.481. The number of non-ortho nitro benzene ring substituents is 1. The number of likely N-dealkylation sites (N-methyl/N-ethyl adjacent to an activating group) is 1. The van der Waals surface area contributed by atoms with Crippen LogP contribution in [0.15, 0.2) is 47.4 Å². The Bertz CT molecular complexity index is 972. The van der Waals surface area contributed by atoms with Crippen LogP contribution in [0.5, 0.6) is 5.75 Å². The molecular formula is C18H20N2O7S. The number of rotatable bonds is 8. The summed E-state index contributed by atoms with van der Waals surface area (Å²) in [5, 5.41) is 10.9. The topological polar surface area (TPSA) is 116 Å². The Hall–Kier alpha value is -2.98. The van der Waals surface area contributed by atoms with Gasteiger partial charge in [0.05, 0.1) is 16.9 Å². The number of hydrogen-bond acceptors (Lipinski definition) is 7. The monoisotopic (exact) mass is 408 g/mol. The van der Waals surface area contributed by atoms with Gasteiger partial charge in [-0.3, -0.25) is 14.9 Å². The molecule has 150 valence electrons. The summed E-state index contributed by atoms with van der Waals surface area (Å²) in [4.78, 5) is 22.4. The van der Waals surface area contributed by atoms with Crippen molar-refractivity contribution in [3.8, 4) is 5.75 Å². The molecule has 28 heavy (non-hydrogen) atoms. The van der Waals surface area contributed by atoms with E-state index in [1.165, 1.54) is 44.5 Å². The average molecular weight is 408 g/mol. The van der Waals surface area contributed by atoms with Crippen molar-refractivity contribution in [2.24, 2.45) is 0 Å². The minimum Gasteiger partial charge on any atom is -0.496 e. The molecule has 0 bridgehead atoms. The summed E-state index contributed by atoms with van der Waals surface area (Å²) in [6.07, 6.45) is 0. The van der Waals surface area contributed by atoms with Crippen LogP contribution in [-0.4, -0.2) is 44.3 Å². The Balaban J connectivity index is 2.05. The third kappa shape index (κ3) is 5.05. The van der Waals surface area contributed by atoms with Crippen molar-refractivity contribution in [2.45, 2.75) is 18.4 Å². The highest BCUT2D eigenvalue weighted by Crippen LogP contribution is 2.24. The summed E-state index contributed by atoms with van der Waals surface area (Å²) >= 11 is 0. The van der Waals surface area contributed by atoms with E-state index >= 15 is 0 Å². The molecule has 0 aliphatic heterocycles. The second kappa shape index (κ2) is 8.81. The van der Waals surface area contributed by atoms with Gasteiger partial charge in [0.1, 0.15) is 18.9 Å². The van der Waals surface area contributed by atoms with Gasteiger partial charge in [-0.15, -0.1) is 0 Å². The van der Waals surface area contributed by atoms with E-state index in [1.807, 2.05) is 6.92 Å². The van der Waals surface area contributed by atoms with Gasteiger partial charge in [0.2, 0.25) is 10.0 Å². The van der Waals surface area contributed by atoms with Gasteiger partial charge >= 0.3 is 5.97 Å². The van der Waals surface area contributed by atoms with Gasteiger partial charge in [0, 0.05) is 24.7 Å². The first-order valence-electron chi connectivity index (χ1n) is 8.15. The molecule has 0 heterocycles. The number of nitro benzene ring substituents is 1. The van der Waals surface area contributed by atoms with E-state index in [0.717, 1.165) is 9.87 Å². The smallest absolute Gasteiger partial charge is 0.321 e. The molecule has 2 aromatic carbocycles. The van der Waals surface area contributed by atoms with Crippen molar-refractivity contribution in [3.63, 3.8) is 0 Å². The van der Waals surface area contributed by atoms with Crippen LogP contribution in [-0.2, 0) is 26.2 Å². The van der Waals surface area contributed by atoms with Crippen LogP contribution in [0.4, 0.5) is 5.69 Å². The van der Waals surface area contributed by atoms with E-state index in [2.05, 4.69) is 0 Å². The first-order chi connectivity index (χ1) is 13.1. The van der Waals surface area contributed by atoms with E-state index in [1.54, 1.807) is 12.1 Å². The second-order valence-electron chi connectivity index (χ2n) is 5.99. The van der Waals surface area contributed by atoms with Crippen molar-refractivity contribution in [2.75, 3.05) is 20.7 Å². The number of carbonyl (C=O) groups is 1. The molecule has 0 spiro atoms. The van der Waals surface area contributed by atoms with E-state index in [-0.39, 0.29) is 17.2 Å². The number of sulfonamides is 1. The third-order valence-corrected chi connectivity index (χ3v) is 5.76. The molecule has 0 atom stereocenters. The molecule has 0 amide bonds. The van der Waals surface area contributed by atoms with Crippen LogP contribution < -0.4 is 4.74 Å². The van der Waals surface area contributed by atoms with E-state index in [9.17, 15) is 23.3 Å². The summed E-state index contributed by atoms with van der Waals surface area (Å²) in [6, 6.07) is 10.1. The van der Waals surface area contributed by atoms with E-state index in [4.69, 9.17) is 9.47 Å². The van der Waals surface area contributed by atoms with E-state index < -0.39 is 27.5 Å². The maximum absolute atomic E-state index is 12.5. The van der Waals surface area contributed by atoms with Gasteiger partial charge in [-0.1, -0.05) is 17.7 Å². The standard InChI is InChI=1S/C18H20N2O7S/c1-13-4-7-16(8-5-13)28(24,25)19(2)11-18(21)27-12-14-10-15(20(22)23)6-9-17(14)26-3/h4-10H,11-12H2,1-3H3. The number of esters is 1. The van der Waals surface area contributed by atoms with Crippen LogP contribution in [0.2, 0.25) is 0 Å². The molecule has 0 aliphatic rings. The fraction of sp³-hybridized carbons (Fsp3) is 0.278. The molecular weight excluding hydrogens is 388 g/mol. The van der Waals surface area contributed by atoms with Gasteiger partial charge < -0.3 is 9.47 Å². The molecule has 2 rings (SSSR count). The van der Waals surface area contributed by atoms with Crippen molar-refractivity contribution in [3.05, 3.63) is 63.7 Å². The lowest BCUT2D eigenvalue weighted by Crippen LogP contribution is -2.33. The fourth-order valence-electron chi connectivity index (χ4n) is 2.35. The van der Waals surface area contributed by atoms with Crippen molar-refractivity contribution in [1.29, 1.82) is 0 Å². The lowest BCUT2D eigenvalue weighted by molar-refractivity contribution is -0.385. The van der Waals surface area contributed by atoms with Gasteiger partial charge in [0.25, 0.3) is 5.69 Å². The van der Waals surface area contributed by atoms with Gasteiger partial charge in [-0.05, 0) is 25.1 Å². The zero-order valence-electron chi connectivity index (χ0n) is 15.6. The number of ether oxygens (including phenoxy) is 2. The molecule has 0 aliphatic carbocycles. The normalized spacial score (nSPS) is 11.3. The third-order valence-electron chi connectivity index (χ3n) is 3.94. The van der Waals surface area contributed by atoms with Crippen molar-refractivity contribution in [1.82, 2.24) is 4.31 Å². The first-order valence-corrected chi connectivity index (χ1v) is 9.59. The zero-order chi connectivity index (χ0) is 20.9. The van der Waals surface area contributed by atoms with Crippen LogP contribution in [0.1, 0.15) is 11.1 Å². The Kier molecular flexibility index (Phi) is 6.71. The largest absolute Gasteiger partial charge is 0.496 e. The lowest BCUT2D eigenvalue weighted by Gasteiger charge is -2.17. The molecule has 0 aromatic heterocycles. The highest BCUT2D eigenvalue weighted by molar-refractivity contribution is 7.89. The zero-order valence-corrected chi connectivity index (χ0v) is 16.4. The minimum absolute atomic E-state index is 0.0637. The summed E-state index contributed by atoms with van der Waals surface area (Å²) in [5.41, 5.74) is 1.03. The molecule has 0 N–H and O–H groups in total. The molecule has 0 saturated heterocycles. The number of hydrogen-bond donors (Lipinski definition) is 0. The summed E-state index contributed by atoms with van der Waals surface area (Å²) in [6.45, 7) is 1.04. The number of aryl methyl sites for hydroxylation is 1. The van der Waals surface area contributed by atoms with Gasteiger partial charge in [0.15, 0.2) is 0 Å². The Labute approximate surface area is 162 Å². The second-order valence-corrected chi connectivity index (χ2v) is 8.03. The van der Waals surface area contributed by atoms with Crippen LogP contribution in [0, 0.1) is 17.0 Å². The quantitative estimate of drug-likeness (QED) is 0.374. The van der Waals surface area contributed by atoms with Crippen molar-refractivity contribution < 1.29 is 27.6 Å². The lowest BCUT2D eigenvalue weighted by atomic mass is 10.2. The number of nitro groups is 1. The van der Waals surface area contributed by atoms with Crippen LogP contribution in [0.25, 0.3) is 0 Å². The molecule has 10 heteroatoms. The Morgan fingerprint density at radius 2 is 1.82 bits per heavy atom. The summed E-state index contributed by atoms with van der Waals surface area (Å²) < 4.78 is 36.0. The number of carbonyl (C=O) groups excluding carboxylic acids is 1. The molecule has 0 fully saturated rings. The minimum atomic E-state index is -3.85. The molecule has 0 unspecified atom stereocenters. The van der Waals surface area contributed by atoms with Crippen molar-refractivity contribution >= 4 is 21.7 Å². The Morgan fingerprint density at radius 1 is 1.18 bits per heavy atom. The van der Waals surface area contributed by atoms with Crippen LogP contribution in [0.3, 0.4) is 0 Å². The highest BCUT2D eigenvalue weighted by Gasteiger charge is 2.23. The maximum Gasteiger partial charge on any atom is 0.321 e. The molecule has 0 saturated carbocycles. The molecule has 0 radical (unpaired) electrons. The number of benzene rings is 2. The molecule has 9 nitrogen and oxygen atoms in total. The SMILES string of the molecule is COc1ccc([N+](=O)[O-])cc1COC(=O)CN(C)S(=O)(=O)c1ccc(C)cc1. The van der Waals surface area contributed by atoms with Gasteiger partial charge in [-0.25, -0.2) is 8.42 Å². The average Bonchev–Trinajstić information content (AvgIpc) is 2.66. The number of nitrogens with zero attached hydrogens (tertiary/aromatic N) is 2. The Morgan fingerprint density at radius 3 is 2.39 bits per heavy atom. The van der Waals surface area contributed by atoms with Gasteiger partial charge in [-0.2, -0.15) is 4.31 Å². The predicted molar refractivity (Wildman–Crippen MR) is 100 cm³/mol. The predicted octanol–water partition coefficient (Wildman–Crippen LogP) is 2.28. The van der Waals surface area contributed by atoms with Crippen LogP contribution >= 0.6 is 0 Å². The van der Waals surface area contributed by atoms with E-state index in [0.29, 0.717) is 11.3 Å². The first kappa shape index (κ1) is 21.3.